The highest BCUT2D eigenvalue weighted by molar-refractivity contribution is 5.87. The van der Waals surface area contributed by atoms with Crippen molar-refractivity contribution < 1.29 is 9.90 Å². The molecule has 0 saturated carbocycles. The molecule has 0 radical (unpaired) electrons. The molecule has 0 spiro atoms. The van der Waals surface area contributed by atoms with Gasteiger partial charge in [0.1, 0.15) is 5.75 Å². The Kier molecular flexibility index (Phi) is 2.41. The van der Waals surface area contributed by atoms with Crippen LogP contribution in [0.25, 0.3) is 17.0 Å². The SMILES string of the molecule is O=CNC=Cc1cc(O)c2[nH]ccc2c1. The molecule has 15 heavy (non-hydrogen) atoms. The zero-order valence-electron chi connectivity index (χ0n) is 7.90. The number of hydrogen-bond acceptors (Lipinski definition) is 2. The van der Waals surface area contributed by atoms with E-state index in [-0.39, 0.29) is 5.75 Å². The van der Waals surface area contributed by atoms with E-state index in [0.717, 1.165) is 16.5 Å². The molecule has 0 bridgehead atoms. The van der Waals surface area contributed by atoms with Gasteiger partial charge in [-0.25, -0.2) is 0 Å². The predicted molar refractivity (Wildman–Crippen MR) is 58.2 cm³/mol. The van der Waals surface area contributed by atoms with Gasteiger partial charge < -0.3 is 15.4 Å². The molecule has 0 unspecified atom stereocenters. The second-order valence-corrected chi connectivity index (χ2v) is 3.10. The highest BCUT2D eigenvalue weighted by atomic mass is 16.3. The molecule has 4 nitrogen and oxygen atoms in total. The van der Waals surface area contributed by atoms with E-state index in [4.69, 9.17) is 0 Å². The average molecular weight is 202 g/mol. The summed E-state index contributed by atoms with van der Waals surface area (Å²) in [5.41, 5.74) is 1.55. The summed E-state index contributed by atoms with van der Waals surface area (Å²) in [4.78, 5) is 13.0. The first-order chi connectivity index (χ1) is 7.31. The van der Waals surface area contributed by atoms with Crippen LogP contribution in [0.4, 0.5) is 0 Å². The Balaban J connectivity index is 2.40. The van der Waals surface area contributed by atoms with Crippen LogP contribution in [0.5, 0.6) is 5.75 Å². The highest BCUT2D eigenvalue weighted by Gasteiger charge is 2.01. The molecule has 1 amide bonds. The topological polar surface area (TPSA) is 65.1 Å². The zero-order valence-corrected chi connectivity index (χ0v) is 7.90. The fourth-order valence-corrected chi connectivity index (χ4v) is 1.45. The van der Waals surface area contributed by atoms with Crippen molar-refractivity contribution >= 4 is 23.4 Å². The van der Waals surface area contributed by atoms with Gasteiger partial charge in [-0.3, -0.25) is 4.79 Å². The van der Waals surface area contributed by atoms with Gasteiger partial charge in [-0.2, -0.15) is 0 Å². The number of aromatic hydroxyl groups is 1. The summed E-state index contributed by atoms with van der Waals surface area (Å²) in [6.07, 6.45) is 5.58. The molecule has 2 rings (SSSR count). The van der Waals surface area contributed by atoms with E-state index in [2.05, 4.69) is 10.3 Å². The van der Waals surface area contributed by atoms with Crippen LogP contribution in [-0.2, 0) is 4.79 Å². The molecular weight excluding hydrogens is 192 g/mol. The highest BCUT2D eigenvalue weighted by Crippen LogP contribution is 2.25. The normalized spacial score (nSPS) is 10.9. The Morgan fingerprint density at radius 1 is 1.40 bits per heavy atom. The van der Waals surface area contributed by atoms with Crippen LogP contribution in [0.3, 0.4) is 0 Å². The van der Waals surface area contributed by atoms with E-state index in [1.807, 2.05) is 12.1 Å². The van der Waals surface area contributed by atoms with Gasteiger partial charge >= 0.3 is 0 Å². The fourth-order valence-electron chi connectivity index (χ4n) is 1.45. The van der Waals surface area contributed by atoms with Crippen molar-refractivity contribution in [3.63, 3.8) is 0 Å². The van der Waals surface area contributed by atoms with Crippen LogP contribution in [0.2, 0.25) is 0 Å². The maximum Gasteiger partial charge on any atom is 0.211 e. The van der Waals surface area contributed by atoms with Gasteiger partial charge in [0.25, 0.3) is 0 Å². The summed E-state index contributed by atoms with van der Waals surface area (Å²) in [7, 11) is 0. The number of fused-ring (bicyclic) bond motifs is 1. The number of hydrogen-bond donors (Lipinski definition) is 3. The number of phenols is 1. The number of rotatable bonds is 3. The lowest BCUT2D eigenvalue weighted by atomic mass is 10.1. The summed E-state index contributed by atoms with van der Waals surface area (Å²) in [5.74, 6) is 0.197. The molecule has 0 atom stereocenters. The number of nitrogens with one attached hydrogen (secondary N) is 2. The van der Waals surface area contributed by atoms with Crippen LogP contribution >= 0.6 is 0 Å². The van der Waals surface area contributed by atoms with Crippen LogP contribution in [0.1, 0.15) is 5.56 Å². The van der Waals surface area contributed by atoms with E-state index in [1.54, 1.807) is 18.3 Å². The van der Waals surface area contributed by atoms with Crippen molar-refractivity contribution in [2.45, 2.75) is 0 Å². The first-order valence-electron chi connectivity index (χ1n) is 4.47. The Morgan fingerprint density at radius 3 is 3.07 bits per heavy atom. The standard InChI is InChI=1S/C11H10N2O2/c14-7-12-3-1-8-5-9-2-4-13-11(9)10(15)6-8/h1-7,13,15H,(H,12,14). The molecule has 1 heterocycles. The van der Waals surface area contributed by atoms with Gasteiger partial charge in [-0.15, -0.1) is 0 Å². The van der Waals surface area contributed by atoms with Crippen LogP contribution < -0.4 is 5.32 Å². The largest absolute Gasteiger partial charge is 0.506 e. The van der Waals surface area contributed by atoms with E-state index in [0.29, 0.717) is 6.41 Å². The summed E-state index contributed by atoms with van der Waals surface area (Å²) in [6, 6.07) is 5.41. The number of aromatic nitrogens is 1. The quantitative estimate of drug-likeness (QED) is 0.662. The molecule has 0 aliphatic rings. The lowest BCUT2D eigenvalue weighted by Crippen LogP contribution is -1.97. The number of aromatic amines is 1. The van der Waals surface area contributed by atoms with Crippen LogP contribution in [-0.4, -0.2) is 16.5 Å². The van der Waals surface area contributed by atoms with Crippen molar-refractivity contribution in [1.29, 1.82) is 0 Å². The second kappa shape index (κ2) is 3.88. The monoisotopic (exact) mass is 202 g/mol. The number of phenolic OH excluding ortho intramolecular Hbond substituents is 1. The van der Waals surface area contributed by atoms with E-state index in [1.165, 1.54) is 6.20 Å². The lowest BCUT2D eigenvalue weighted by Gasteiger charge is -1.98. The average Bonchev–Trinajstić information content (AvgIpc) is 2.66. The Morgan fingerprint density at radius 2 is 2.27 bits per heavy atom. The number of benzene rings is 1. The second-order valence-electron chi connectivity index (χ2n) is 3.10. The van der Waals surface area contributed by atoms with Crippen molar-refractivity contribution in [3.8, 4) is 5.75 Å². The minimum atomic E-state index is 0.197. The van der Waals surface area contributed by atoms with E-state index < -0.39 is 0 Å². The zero-order chi connectivity index (χ0) is 10.7. The predicted octanol–water partition coefficient (Wildman–Crippen LogP) is 1.59. The lowest BCUT2D eigenvalue weighted by molar-refractivity contribution is -0.108. The summed E-state index contributed by atoms with van der Waals surface area (Å²) in [6.45, 7) is 0. The Hall–Kier alpha value is -2.23. The van der Waals surface area contributed by atoms with Gasteiger partial charge in [-0.1, -0.05) is 0 Å². The summed E-state index contributed by atoms with van der Waals surface area (Å²) in [5, 5.41) is 13.0. The maximum atomic E-state index is 10.0. The third kappa shape index (κ3) is 1.83. The third-order valence-corrected chi connectivity index (χ3v) is 2.10. The van der Waals surface area contributed by atoms with Gasteiger partial charge in [0, 0.05) is 17.8 Å². The molecule has 0 aliphatic heterocycles. The molecule has 76 valence electrons. The molecule has 1 aromatic carbocycles. The minimum Gasteiger partial charge on any atom is -0.506 e. The first kappa shape index (κ1) is 9.33. The van der Waals surface area contributed by atoms with Crippen LogP contribution in [0, 0.1) is 0 Å². The fraction of sp³-hybridized carbons (Fsp3) is 0. The number of amides is 1. The molecule has 0 saturated heterocycles. The first-order valence-corrected chi connectivity index (χ1v) is 4.47. The summed E-state index contributed by atoms with van der Waals surface area (Å²) < 4.78 is 0. The number of carbonyl (C=O) groups excluding carboxylic acids is 1. The third-order valence-electron chi connectivity index (χ3n) is 2.10. The molecule has 0 aliphatic carbocycles. The Labute approximate surface area is 86.2 Å². The molecular formula is C11H10N2O2. The van der Waals surface area contributed by atoms with Crippen LogP contribution in [0.15, 0.2) is 30.6 Å². The number of H-pyrrole nitrogens is 1. The Bertz CT molecular complexity index is 514. The van der Waals surface area contributed by atoms with Crippen molar-refractivity contribution in [2.75, 3.05) is 0 Å². The van der Waals surface area contributed by atoms with E-state index in [9.17, 15) is 9.90 Å². The smallest absolute Gasteiger partial charge is 0.211 e. The van der Waals surface area contributed by atoms with Crippen molar-refractivity contribution in [2.24, 2.45) is 0 Å². The van der Waals surface area contributed by atoms with Crippen molar-refractivity contribution in [3.05, 3.63) is 36.2 Å². The van der Waals surface area contributed by atoms with Gasteiger partial charge in [0.15, 0.2) is 0 Å². The van der Waals surface area contributed by atoms with Gasteiger partial charge in [-0.05, 0) is 29.8 Å². The van der Waals surface area contributed by atoms with Gasteiger partial charge in [0.2, 0.25) is 6.41 Å². The maximum absolute atomic E-state index is 10.0. The number of carbonyl (C=O) groups is 1. The summed E-state index contributed by atoms with van der Waals surface area (Å²) >= 11 is 0. The molecule has 1 aromatic heterocycles. The molecule has 3 N–H and O–H groups in total. The van der Waals surface area contributed by atoms with Crippen molar-refractivity contribution in [1.82, 2.24) is 10.3 Å². The van der Waals surface area contributed by atoms with E-state index >= 15 is 0 Å². The molecule has 0 fully saturated rings. The minimum absolute atomic E-state index is 0.197. The molecule has 2 aromatic rings. The molecule has 4 heteroatoms. The van der Waals surface area contributed by atoms with Gasteiger partial charge in [0.05, 0.1) is 5.52 Å².